The van der Waals surface area contributed by atoms with Crippen LogP contribution in [0.4, 0.5) is 4.39 Å². The predicted octanol–water partition coefficient (Wildman–Crippen LogP) is 3.05. The molecule has 0 saturated heterocycles. The highest BCUT2D eigenvalue weighted by atomic mass is 19.1. The molecule has 0 spiro atoms. The van der Waals surface area contributed by atoms with Crippen LogP contribution >= 0.6 is 0 Å². The minimum Gasteiger partial charge on any atom is -0.289 e. The predicted molar refractivity (Wildman–Crippen MR) is 81.9 cm³/mol. The summed E-state index contributed by atoms with van der Waals surface area (Å²) in [6, 6.07) is 12.8. The minimum absolute atomic E-state index is 0.463. The fourth-order valence-corrected chi connectivity index (χ4v) is 3.52. The van der Waals surface area contributed by atoms with Crippen molar-refractivity contribution < 1.29 is 14.4 Å². The second-order valence-electron chi connectivity index (χ2n) is 6.36. The van der Waals surface area contributed by atoms with E-state index in [4.69, 9.17) is 5.21 Å². The Bertz CT molecular complexity index is 748. The largest absolute Gasteiger partial charge is 0.289 e. The lowest BCUT2D eigenvalue weighted by atomic mass is 10.0. The average Bonchev–Trinajstić information content (AvgIpc) is 3.50. The molecule has 2 aliphatic rings. The van der Waals surface area contributed by atoms with Crippen molar-refractivity contribution in [2.75, 3.05) is 0 Å². The standard InChI is InChI=1S/C18H17FN2O2/c19-18(17(22)21-23)15(12-4-2-1-3-5-12)16(18)13-8-9-20-14(10-13)11-6-7-11/h1-5,8-11,15-16,23H,6-7H2,(H,21,22). The maximum absolute atomic E-state index is 15.4. The molecule has 1 aromatic heterocycles. The van der Waals surface area contributed by atoms with Gasteiger partial charge in [0.25, 0.3) is 5.91 Å². The van der Waals surface area contributed by atoms with Crippen LogP contribution in [0.1, 0.15) is 47.4 Å². The molecule has 1 aromatic carbocycles. The summed E-state index contributed by atoms with van der Waals surface area (Å²) in [5.41, 5.74) is 1.85. The summed E-state index contributed by atoms with van der Waals surface area (Å²) < 4.78 is 15.4. The van der Waals surface area contributed by atoms with Crippen molar-refractivity contribution in [2.24, 2.45) is 0 Å². The first-order valence-electron chi connectivity index (χ1n) is 7.80. The summed E-state index contributed by atoms with van der Waals surface area (Å²) in [7, 11) is 0. The first-order chi connectivity index (χ1) is 11.2. The Labute approximate surface area is 133 Å². The van der Waals surface area contributed by atoms with Crippen LogP contribution in [0.2, 0.25) is 0 Å². The van der Waals surface area contributed by atoms with Crippen LogP contribution in [0.5, 0.6) is 0 Å². The van der Waals surface area contributed by atoms with E-state index >= 15 is 4.39 Å². The fraction of sp³-hybridized carbons (Fsp3) is 0.333. The number of aromatic nitrogens is 1. The maximum atomic E-state index is 15.4. The van der Waals surface area contributed by atoms with Gasteiger partial charge < -0.3 is 0 Å². The Hall–Kier alpha value is -2.27. The number of carbonyl (C=O) groups is 1. The highest BCUT2D eigenvalue weighted by Gasteiger charge is 2.72. The number of hydroxylamine groups is 1. The van der Waals surface area contributed by atoms with Crippen molar-refractivity contribution in [3.8, 4) is 0 Å². The van der Waals surface area contributed by atoms with Crippen molar-refractivity contribution in [1.82, 2.24) is 10.5 Å². The normalized spacial score (nSPS) is 29.1. The minimum atomic E-state index is -2.13. The Morgan fingerprint density at radius 3 is 2.52 bits per heavy atom. The van der Waals surface area contributed by atoms with Gasteiger partial charge in [0.15, 0.2) is 0 Å². The number of nitrogens with zero attached hydrogens (tertiary/aromatic N) is 1. The van der Waals surface area contributed by atoms with E-state index in [-0.39, 0.29) is 0 Å². The van der Waals surface area contributed by atoms with Crippen LogP contribution in [0.25, 0.3) is 0 Å². The van der Waals surface area contributed by atoms with E-state index in [0.29, 0.717) is 5.92 Å². The zero-order valence-electron chi connectivity index (χ0n) is 12.4. The van der Waals surface area contributed by atoms with E-state index in [0.717, 1.165) is 29.7 Å². The molecule has 0 aliphatic heterocycles. The van der Waals surface area contributed by atoms with E-state index in [1.165, 1.54) is 5.48 Å². The summed E-state index contributed by atoms with van der Waals surface area (Å²) in [4.78, 5) is 16.3. The van der Waals surface area contributed by atoms with Crippen LogP contribution < -0.4 is 5.48 Å². The Kier molecular flexibility index (Phi) is 3.20. The zero-order valence-corrected chi connectivity index (χ0v) is 12.4. The second-order valence-corrected chi connectivity index (χ2v) is 6.36. The molecule has 3 atom stereocenters. The van der Waals surface area contributed by atoms with Gasteiger partial charge in [-0.15, -0.1) is 0 Å². The van der Waals surface area contributed by atoms with Gasteiger partial charge in [0.05, 0.1) is 0 Å². The summed E-state index contributed by atoms with van der Waals surface area (Å²) in [6.45, 7) is 0. The lowest BCUT2D eigenvalue weighted by molar-refractivity contribution is -0.136. The molecule has 2 saturated carbocycles. The van der Waals surface area contributed by atoms with Crippen LogP contribution in [0.15, 0.2) is 48.7 Å². The van der Waals surface area contributed by atoms with Gasteiger partial charge in [-0.25, -0.2) is 9.87 Å². The number of rotatable bonds is 4. The van der Waals surface area contributed by atoms with Crippen molar-refractivity contribution in [2.45, 2.75) is 36.3 Å². The van der Waals surface area contributed by atoms with Crippen molar-refractivity contribution in [3.05, 3.63) is 65.5 Å². The zero-order chi connectivity index (χ0) is 16.0. The first kappa shape index (κ1) is 14.3. The number of hydrogen-bond acceptors (Lipinski definition) is 3. The van der Waals surface area contributed by atoms with E-state index in [2.05, 4.69) is 4.98 Å². The summed E-state index contributed by atoms with van der Waals surface area (Å²) in [5, 5.41) is 8.94. The lowest BCUT2D eigenvalue weighted by Gasteiger charge is -2.06. The van der Waals surface area contributed by atoms with Crippen LogP contribution in [-0.2, 0) is 4.79 Å². The van der Waals surface area contributed by atoms with Gasteiger partial charge in [-0.2, -0.15) is 0 Å². The number of benzene rings is 1. The maximum Gasteiger partial charge on any atom is 0.282 e. The van der Waals surface area contributed by atoms with Crippen LogP contribution in [0, 0.1) is 0 Å². The molecule has 5 heteroatoms. The molecule has 1 amide bonds. The van der Waals surface area contributed by atoms with Gasteiger partial charge in [0.2, 0.25) is 5.67 Å². The quantitative estimate of drug-likeness (QED) is 0.674. The molecule has 4 rings (SSSR count). The molecule has 118 valence electrons. The summed E-state index contributed by atoms with van der Waals surface area (Å²) >= 11 is 0. The van der Waals surface area contributed by atoms with Gasteiger partial charge in [-0.05, 0) is 36.1 Å². The van der Waals surface area contributed by atoms with Crippen molar-refractivity contribution in [3.63, 3.8) is 0 Å². The van der Waals surface area contributed by atoms with E-state index in [1.807, 2.05) is 36.4 Å². The average molecular weight is 312 g/mol. The molecule has 2 fully saturated rings. The monoisotopic (exact) mass is 312 g/mol. The summed E-state index contributed by atoms with van der Waals surface area (Å²) in [6.07, 6.45) is 3.91. The number of nitrogens with one attached hydrogen (secondary N) is 1. The number of halogens is 1. The van der Waals surface area contributed by atoms with Crippen molar-refractivity contribution >= 4 is 5.91 Å². The Morgan fingerprint density at radius 1 is 1.17 bits per heavy atom. The van der Waals surface area contributed by atoms with Crippen molar-refractivity contribution in [1.29, 1.82) is 0 Å². The molecular weight excluding hydrogens is 295 g/mol. The van der Waals surface area contributed by atoms with Gasteiger partial charge in [0.1, 0.15) is 0 Å². The molecule has 23 heavy (non-hydrogen) atoms. The first-order valence-corrected chi connectivity index (χ1v) is 7.80. The molecule has 2 N–H and O–H groups in total. The van der Waals surface area contributed by atoms with Crippen LogP contribution in [-0.4, -0.2) is 21.8 Å². The molecule has 0 bridgehead atoms. The van der Waals surface area contributed by atoms with Gasteiger partial charge in [-0.1, -0.05) is 30.3 Å². The molecule has 2 aromatic rings. The number of amides is 1. The number of carbonyl (C=O) groups excluding carboxylic acids is 1. The van der Waals surface area contributed by atoms with Gasteiger partial charge >= 0.3 is 0 Å². The SMILES string of the molecule is O=C(NO)C1(F)C(c2ccccc2)C1c1ccnc(C2CC2)c1. The van der Waals surface area contributed by atoms with Crippen LogP contribution in [0.3, 0.4) is 0 Å². The van der Waals surface area contributed by atoms with E-state index < -0.39 is 23.4 Å². The number of pyridine rings is 1. The van der Waals surface area contributed by atoms with Gasteiger partial charge in [-0.3, -0.25) is 15.0 Å². The van der Waals surface area contributed by atoms with E-state index in [9.17, 15) is 4.79 Å². The van der Waals surface area contributed by atoms with Gasteiger partial charge in [0, 0.05) is 29.6 Å². The fourth-order valence-electron chi connectivity index (χ4n) is 3.52. The molecule has 3 unspecified atom stereocenters. The summed E-state index contributed by atoms with van der Waals surface area (Å²) in [5.74, 6) is -1.71. The second kappa shape index (κ2) is 5.13. The highest BCUT2D eigenvalue weighted by molar-refractivity contribution is 5.92. The number of hydrogen-bond donors (Lipinski definition) is 2. The molecular formula is C18H17FN2O2. The highest BCUT2D eigenvalue weighted by Crippen LogP contribution is 2.66. The smallest absolute Gasteiger partial charge is 0.282 e. The molecule has 4 nitrogen and oxygen atoms in total. The van der Waals surface area contributed by atoms with E-state index in [1.54, 1.807) is 12.3 Å². The molecule has 1 heterocycles. The lowest BCUT2D eigenvalue weighted by Crippen LogP contribution is -2.33. The molecule has 0 radical (unpaired) electrons. The third-order valence-electron chi connectivity index (χ3n) is 4.90. The third-order valence-corrected chi connectivity index (χ3v) is 4.90. The molecule has 2 aliphatic carbocycles. The third kappa shape index (κ3) is 2.23. The Balaban J connectivity index is 1.73. The topological polar surface area (TPSA) is 62.2 Å². The number of alkyl halides is 1. The Morgan fingerprint density at radius 2 is 1.87 bits per heavy atom.